The van der Waals surface area contributed by atoms with Crippen molar-refractivity contribution in [2.24, 2.45) is 0 Å². The van der Waals surface area contributed by atoms with Gasteiger partial charge in [-0.1, -0.05) is 18.5 Å². The predicted molar refractivity (Wildman–Crippen MR) is 63.2 cm³/mol. The minimum atomic E-state index is 0.791. The average molecular weight is 213 g/mol. The van der Waals surface area contributed by atoms with Crippen LogP contribution in [-0.4, -0.2) is 19.6 Å². The molecule has 0 saturated carbocycles. The van der Waals surface area contributed by atoms with Crippen LogP contribution >= 0.6 is 11.6 Å². The van der Waals surface area contributed by atoms with E-state index in [9.17, 15) is 0 Å². The number of rotatable bonds is 5. The molecule has 2 N–H and O–H groups in total. The summed E-state index contributed by atoms with van der Waals surface area (Å²) in [6.07, 6.45) is 0. The maximum Gasteiger partial charge on any atom is 0.0410 e. The van der Waals surface area contributed by atoms with E-state index in [1.807, 2.05) is 18.2 Å². The summed E-state index contributed by atoms with van der Waals surface area (Å²) in [5.41, 5.74) is 2.35. The first kappa shape index (κ1) is 11.3. The first-order chi connectivity index (χ1) is 6.74. The average Bonchev–Trinajstić information content (AvgIpc) is 2.15. The van der Waals surface area contributed by atoms with Crippen LogP contribution < -0.4 is 10.6 Å². The molecular weight excluding hydrogens is 196 g/mol. The van der Waals surface area contributed by atoms with E-state index >= 15 is 0 Å². The quantitative estimate of drug-likeness (QED) is 0.734. The highest BCUT2D eigenvalue weighted by atomic mass is 35.5. The highest BCUT2D eigenvalue weighted by Gasteiger charge is 1.97. The lowest BCUT2D eigenvalue weighted by atomic mass is 10.2. The molecule has 1 aromatic rings. The summed E-state index contributed by atoms with van der Waals surface area (Å²) in [4.78, 5) is 0. The van der Waals surface area contributed by atoms with Crippen molar-refractivity contribution in [3.8, 4) is 0 Å². The van der Waals surface area contributed by atoms with Gasteiger partial charge >= 0.3 is 0 Å². The summed E-state index contributed by atoms with van der Waals surface area (Å²) in [6.45, 7) is 7.10. The molecule has 0 aliphatic heterocycles. The van der Waals surface area contributed by atoms with Crippen molar-refractivity contribution in [1.29, 1.82) is 0 Å². The minimum absolute atomic E-state index is 0.791. The first-order valence-electron chi connectivity index (χ1n) is 4.94. The Kier molecular flexibility index (Phi) is 4.77. The topological polar surface area (TPSA) is 24.1 Å². The van der Waals surface area contributed by atoms with Gasteiger partial charge in [0.15, 0.2) is 0 Å². The summed E-state index contributed by atoms with van der Waals surface area (Å²) in [7, 11) is 0. The smallest absolute Gasteiger partial charge is 0.0410 e. The Labute approximate surface area is 90.7 Å². The van der Waals surface area contributed by atoms with Gasteiger partial charge in [0.1, 0.15) is 0 Å². The summed E-state index contributed by atoms with van der Waals surface area (Å²) >= 11 is 5.86. The highest BCUT2D eigenvalue weighted by Crippen LogP contribution is 2.18. The number of likely N-dealkylation sites (N-methyl/N-ethyl adjacent to an activating group) is 1. The molecule has 0 amide bonds. The molecule has 0 spiro atoms. The highest BCUT2D eigenvalue weighted by molar-refractivity contribution is 6.30. The third-order valence-corrected chi connectivity index (χ3v) is 2.29. The molecule has 2 nitrogen and oxygen atoms in total. The zero-order valence-corrected chi connectivity index (χ0v) is 9.49. The molecule has 0 radical (unpaired) electrons. The zero-order chi connectivity index (χ0) is 10.4. The third-order valence-electron chi connectivity index (χ3n) is 2.06. The largest absolute Gasteiger partial charge is 0.384 e. The van der Waals surface area contributed by atoms with Gasteiger partial charge in [-0.2, -0.15) is 0 Å². The Morgan fingerprint density at radius 1 is 1.29 bits per heavy atom. The number of anilines is 1. The number of halogens is 1. The second-order valence-electron chi connectivity index (χ2n) is 3.24. The molecule has 0 bridgehead atoms. The van der Waals surface area contributed by atoms with Gasteiger partial charge in [0.05, 0.1) is 0 Å². The van der Waals surface area contributed by atoms with Crippen LogP contribution in [0.25, 0.3) is 0 Å². The molecule has 1 aromatic carbocycles. The summed E-state index contributed by atoms with van der Waals surface area (Å²) < 4.78 is 0. The molecule has 0 saturated heterocycles. The molecule has 0 fully saturated rings. The second-order valence-corrected chi connectivity index (χ2v) is 3.68. The van der Waals surface area contributed by atoms with E-state index in [1.54, 1.807) is 0 Å². The van der Waals surface area contributed by atoms with Crippen molar-refractivity contribution in [3.05, 3.63) is 28.8 Å². The lowest BCUT2D eigenvalue weighted by Crippen LogP contribution is -2.21. The number of benzene rings is 1. The molecule has 78 valence electrons. The van der Waals surface area contributed by atoms with Crippen LogP contribution in [0.4, 0.5) is 5.69 Å². The van der Waals surface area contributed by atoms with Gasteiger partial charge in [0, 0.05) is 23.8 Å². The van der Waals surface area contributed by atoms with Crippen molar-refractivity contribution in [3.63, 3.8) is 0 Å². The van der Waals surface area contributed by atoms with Gasteiger partial charge < -0.3 is 10.6 Å². The SMILES string of the molecule is CCNCCNc1ccc(Cl)cc1C. The molecule has 3 heteroatoms. The first-order valence-corrected chi connectivity index (χ1v) is 5.32. The van der Waals surface area contributed by atoms with Gasteiger partial charge in [0.25, 0.3) is 0 Å². The van der Waals surface area contributed by atoms with Crippen LogP contribution in [0.1, 0.15) is 12.5 Å². The van der Waals surface area contributed by atoms with Crippen molar-refractivity contribution in [2.75, 3.05) is 25.0 Å². The molecule has 0 heterocycles. The number of hydrogen-bond acceptors (Lipinski definition) is 2. The molecule has 1 rings (SSSR count). The Bertz CT molecular complexity index is 287. The Balaban J connectivity index is 2.42. The Hall–Kier alpha value is -0.730. The van der Waals surface area contributed by atoms with Crippen LogP contribution in [0.15, 0.2) is 18.2 Å². The zero-order valence-electron chi connectivity index (χ0n) is 8.73. The monoisotopic (exact) mass is 212 g/mol. The minimum Gasteiger partial charge on any atom is -0.384 e. The summed E-state index contributed by atoms with van der Waals surface area (Å²) in [5.74, 6) is 0. The molecule has 0 atom stereocenters. The van der Waals surface area contributed by atoms with Crippen LogP contribution in [0.3, 0.4) is 0 Å². The van der Waals surface area contributed by atoms with E-state index < -0.39 is 0 Å². The predicted octanol–water partition coefficient (Wildman–Crippen LogP) is 2.67. The molecule has 14 heavy (non-hydrogen) atoms. The summed E-state index contributed by atoms with van der Waals surface area (Å²) in [5, 5.41) is 7.41. The van der Waals surface area contributed by atoms with E-state index in [0.29, 0.717) is 0 Å². The van der Waals surface area contributed by atoms with Crippen LogP contribution in [0.5, 0.6) is 0 Å². The van der Waals surface area contributed by atoms with Crippen molar-refractivity contribution in [1.82, 2.24) is 5.32 Å². The second kappa shape index (κ2) is 5.89. The van der Waals surface area contributed by atoms with Gasteiger partial charge in [-0.15, -0.1) is 0 Å². The third kappa shape index (κ3) is 3.56. The van der Waals surface area contributed by atoms with E-state index in [0.717, 1.165) is 30.3 Å². The molecule has 0 unspecified atom stereocenters. The van der Waals surface area contributed by atoms with Crippen LogP contribution in [0, 0.1) is 6.92 Å². The van der Waals surface area contributed by atoms with Gasteiger partial charge in [-0.25, -0.2) is 0 Å². The van der Waals surface area contributed by atoms with Gasteiger partial charge in [-0.3, -0.25) is 0 Å². The number of nitrogens with one attached hydrogen (secondary N) is 2. The van der Waals surface area contributed by atoms with Gasteiger partial charge in [0.2, 0.25) is 0 Å². The Morgan fingerprint density at radius 2 is 2.07 bits per heavy atom. The van der Waals surface area contributed by atoms with Crippen LogP contribution in [-0.2, 0) is 0 Å². The molecule has 0 aliphatic carbocycles. The number of hydrogen-bond donors (Lipinski definition) is 2. The lowest BCUT2D eigenvalue weighted by Gasteiger charge is -2.09. The lowest BCUT2D eigenvalue weighted by molar-refractivity contribution is 0.739. The van der Waals surface area contributed by atoms with E-state index in [4.69, 9.17) is 11.6 Å². The molecule has 0 aromatic heterocycles. The van der Waals surface area contributed by atoms with Crippen molar-refractivity contribution in [2.45, 2.75) is 13.8 Å². The number of aryl methyl sites for hydroxylation is 1. The Morgan fingerprint density at radius 3 is 2.71 bits per heavy atom. The fourth-order valence-corrected chi connectivity index (χ4v) is 1.51. The fourth-order valence-electron chi connectivity index (χ4n) is 1.29. The maximum absolute atomic E-state index is 5.86. The maximum atomic E-state index is 5.86. The fraction of sp³-hybridized carbons (Fsp3) is 0.455. The van der Waals surface area contributed by atoms with E-state index in [-0.39, 0.29) is 0 Å². The van der Waals surface area contributed by atoms with Crippen molar-refractivity contribution < 1.29 is 0 Å². The molecule has 0 aliphatic rings. The van der Waals surface area contributed by atoms with E-state index in [2.05, 4.69) is 24.5 Å². The van der Waals surface area contributed by atoms with E-state index in [1.165, 1.54) is 5.56 Å². The summed E-state index contributed by atoms with van der Waals surface area (Å²) in [6, 6.07) is 5.89. The normalized spacial score (nSPS) is 10.2. The van der Waals surface area contributed by atoms with Gasteiger partial charge in [-0.05, 0) is 37.2 Å². The standard InChI is InChI=1S/C11H17ClN2/c1-3-13-6-7-14-11-5-4-10(12)8-9(11)2/h4-5,8,13-14H,3,6-7H2,1-2H3. The van der Waals surface area contributed by atoms with Crippen LogP contribution in [0.2, 0.25) is 5.02 Å². The molecular formula is C11H17ClN2. The van der Waals surface area contributed by atoms with Crippen molar-refractivity contribution >= 4 is 17.3 Å².